The molecule has 1 heterocycles. The molecule has 164 valence electrons. The first-order chi connectivity index (χ1) is 13.9. The van der Waals surface area contributed by atoms with Crippen LogP contribution in [0.1, 0.15) is 27.2 Å². The van der Waals surface area contributed by atoms with Crippen LogP contribution in [0.3, 0.4) is 0 Å². The molecule has 1 aromatic rings. The lowest BCUT2D eigenvalue weighted by Gasteiger charge is -2.38. The smallest absolute Gasteiger partial charge is 0.410 e. The SMILES string of the molecule is COC(=O)[C@H]1CN(C(=O)OC(C)(C)C)CC[C@@H]1Nc1ccc([N+](=O)[O-])cc1[N+](=O)[O-]. The van der Waals surface area contributed by atoms with Gasteiger partial charge in [-0.1, -0.05) is 0 Å². The van der Waals surface area contributed by atoms with E-state index in [4.69, 9.17) is 9.47 Å². The van der Waals surface area contributed by atoms with Crippen molar-refractivity contribution in [3.63, 3.8) is 0 Å². The van der Waals surface area contributed by atoms with Crippen molar-refractivity contribution in [2.75, 3.05) is 25.5 Å². The summed E-state index contributed by atoms with van der Waals surface area (Å²) in [6, 6.07) is 2.63. The number of anilines is 1. The Labute approximate surface area is 172 Å². The zero-order valence-electron chi connectivity index (χ0n) is 17.1. The minimum Gasteiger partial charge on any atom is -0.469 e. The van der Waals surface area contributed by atoms with Crippen molar-refractivity contribution in [1.82, 2.24) is 4.90 Å². The number of nitro benzene ring substituents is 2. The maximum absolute atomic E-state index is 12.4. The second kappa shape index (κ2) is 8.93. The molecule has 2 atom stereocenters. The summed E-state index contributed by atoms with van der Waals surface area (Å²) in [7, 11) is 1.21. The van der Waals surface area contributed by atoms with Crippen LogP contribution in [-0.4, -0.2) is 58.7 Å². The number of nitrogens with one attached hydrogen (secondary N) is 1. The van der Waals surface area contributed by atoms with Crippen LogP contribution in [0.15, 0.2) is 18.2 Å². The summed E-state index contributed by atoms with van der Waals surface area (Å²) in [6.07, 6.45) is -0.288. The summed E-state index contributed by atoms with van der Waals surface area (Å²) in [4.78, 5) is 46.9. The number of carbonyl (C=O) groups excluding carboxylic acids is 2. The van der Waals surface area contributed by atoms with Gasteiger partial charge in [-0.05, 0) is 33.3 Å². The van der Waals surface area contributed by atoms with Crippen molar-refractivity contribution in [3.8, 4) is 0 Å². The van der Waals surface area contributed by atoms with Crippen molar-refractivity contribution in [1.29, 1.82) is 0 Å². The minimum atomic E-state index is -0.814. The second-order valence-corrected chi connectivity index (χ2v) is 7.81. The molecule has 1 aromatic carbocycles. The van der Waals surface area contributed by atoms with E-state index in [0.717, 1.165) is 12.1 Å². The molecule has 0 aliphatic carbocycles. The molecule has 2 rings (SSSR count). The number of hydrogen-bond donors (Lipinski definition) is 1. The van der Waals surface area contributed by atoms with Crippen LogP contribution in [0, 0.1) is 26.1 Å². The molecule has 0 bridgehead atoms. The molecule has 1 N–H and O–H groups in total. The van der Waals surface area contributed by atoms with E-state index in [1.54, 1.807) is 20.8 Å². The van der Waals surface area contributed by atoms with Crippen LogP contribution in [0.4, 0.5) is 21.9 Å². The first kappa shape index (κ1) is 22.8. The minimum absolute atomic E-state index is 0.0000320. The number of nitrogens with zero attached hydrogens (tertiary/aromatic N) is 3. The predicted octanol–water partition coefficient (Wildman–Crippen LogP) is 2.71. The van der Waals surface area contributed by atoms with Crippen molar-refractivity contribution in [2.24, 2.45) is 5.92 Å². The van der Waals surface area contributed by atoms with Crippen molar-refractivity contribution in [3.05, 3.63) is 38.4 Å². The van der Waals surface area contributed by atoms with Gasteiger partial charge in [-0.25, -0.2) is 4.79 Å². The number of hydrogen-bond acceptors (Lipinski definition) is 9. The van der Waals surface area contributed by atoms with Crippen LogP contribution in [-0.2, 0) is 14.3 Å². The standard InChI is InChI=1S/C18H24N4O8/c1-18(2,3)30-17(24)20-8-7-13(12(10-20)16(23)29-4)19-14-6-5-11(21(25)26)9-15(14)22(27)28/h5-6,9,12-13,19H,7-8,10H2,1-4H3/t12-,13-/m0/s1. The highest BCUT2D eigenvalue weighted by molar-refractivity contribution is 5.77. The Balaban J connectivity index is 2.25. The highest BCUT2D eigenvalue weighted by Gasteiger charge is 2.39. The highest BCUT2D eigenvalue weighted by Crippen LogP contribution is 2.32. The summed E-state index contributed by atoms with van der Waals surface area (Å²) in [5.74, 6) is -1.41. The lowest BCUT2D eigenvalue weighted by atomic mass is 9.91. The van der Waals surface area contributed by atoms with E-state index in [9.17, 15) is 29.8 Å². The van der Waals surface area contributed by atoms with Gasteiger partial charge in [-0.3, -0.25) is 25.0 Å². The van der Waals surface area contributed by atoms with E-state index in [2.05, 4.69) is 5.32 Å². The summed E-state index contributed by atoms with van der Waals surface area (Å²) >= 11 is 0. The third-order valence-corrected chi connectivity index (χ3v) is 4.50. The van der Waals surface area contributed by atoms with Gasteiger partial charge < -0.3 is 19.7 Å². The van der Waals surface area contributed by atoms with E-state index in [0.29, 0.717) is 0 Å². The van der Waals surface area contributed by atoms with Crippen LogP contribution in [0.5, 0.6) is 0 Å². The fourth-order valence-electron chi connectivity index (χ4n) is 3.11. The van der Waals surface area contributed by atoms with Crippen LogP contribution < -0.4 is 5.32 Å². The van der Waals surface area contributed by atoms with E-state index in [1.807, 2.05) is 0 Å². The van der Waals surface area contributed by atoms with Crippen LogP contribution in [0.25, 0.3) is 0 Å². The van der Waals surface area contributed by atoms with E-state index < -0.39 is 50.8 Å². The van der Waals surface area contributed by atoms with Crippen molar-refractivity contribution >= 4 is 29.1 Å². The quantitative estimate of drug-likeness (QED) is 0.427. The lowest BCUT2D eigenvalue weighted by Crippen LogP contribution is -2.52. The second-order valence-electron chi connectivity index (χ2n) is 7.81. The molecule has 12 nitrogen and oxygen atoms in total. The van der Waals surface area contributed by atoms with E-state index in [-0.39, 0.29) is 25.2 Å². The molecular weight excluding hydrogens is 400 g/mol. The van der Waals surface area contributed by atoms with Crippen molar-refractivity contribution < 1.29 is 28.9 Å². The van der Waals surface area contributed by atoms with Gasteiger partial charge in [0.15, 0.2) is 0 Å². The lowest BCUT2D eigenvalue weighted by molar-refractivity contribution is -0.393. The normalized spacial score (nSPS) is 19.0. The third kappa shape index (κ3) is 5.55. The van der Waals surface area contributed by atoms with Gasteiger partial charge >= 0.3 is 12.1 Å². The monoisotopic (exact) mass is 424 g/mol. The molecule has 1 aliphatic heterocycles. The van der Waals surface area contributed by atoms with E-state index >= 15 is 0 Å². The number of nitro groups is 2. The molecule has 1 amide bonds. The summed E-state index contributed by atoms with van der Waals surface area (Å²) in [5.41, 5.74) is -1.57. The molecule has 30 heavy (non-hydrogen) atoms. The van der Waals surface area contributed by atoms with Gasteiger partial charge in [-0.15, -0.1) is 0 Å². The number of non-ortho nitro benzene ring substituents is 1. The Morgan fingerprint density at radius 1 is 1.20 bits per heavy atom. The molecule has 1 saturated heterocycles. The van der Waals surface area contributed by atoms with Gasteiger partial charge in [0.2, 0.25) is 0 Å². The molecule has 0 aromatic heterocycles. The summed E-state index contributed by atoms with van der Waals surface area (Å²) in [5, 5.41) is 25.2. The average Bonchev–Trinajstić information content (AvgIpc) is 2.66. The molecular formula is C18H24N4O8. The average molecular weight is 424 g/mol. The predicted molar refractivity (Wildman–Crippen MR) is 105 cm³/mol. The fraction of sp³-hybridized carbons (Fsp3) is 0.556. The Morgan fingerprint density at radius 3 is 2.40 bits per heavy atom. The third-order valence-electron chi connectivity index (χ3n) is 4.50. The largest absolute Gasteiger partial charge is 0.469 e. The zero-order chi connectivity index (χ0) is 22.6. The molecule has 1 aliphatic rings. The molecule has 0 saturated carbocycles. The summed E-state index contributed by atoms with van der Waals surface area (Å²) < 4.78 is 10.2. The summed E-state index contributed by atoms with van der Waals surface area (Å²) in [6.45, 7) is 5.43. The maximum Gasteiger partial charge on any atom is 0.410 e. The molecule has 1 fully saturated rings. The maximum atomic E-state index is 12.4. The Morgan fingerprint density at radius 2 is 1.87 bits per heavy atom. The number of carbonyl (C=O) groups is 2. The van der Waals surface area contributed by atoms with E-state index in [1.165, 1.54) is 18.1 Å². The Hall–Kier alpha value is -3.44. The van der Waals surface area contributed by atoms with Crippen molar-refractivity contribution in [2.45, 2.75) is 38.8 Å². The fourth-order valence-corrected chi connectivity index (χ4v) is 3.11. The molecule has 0 unspecified atom stereocenters. The Bertz CT molecular complexity index is 851. The number of likely N-dealkylation sites (tertiary alicyclic amines) is 1. The number of rotatable bonds is 5. The molecule has 0 radical (unpaired) electrons. The first-order valence-electron chi connectivity index (χ1n) is 9.18. The molecule has 0 spiro atoms. The molecule has 12 heteroatoms. The Kier molecular flexibility index (Phi) is 6.80. The number of benzene rings is 1. The number of methoxy groups -OCH3 is 1. The van der Waals surface area contributed by atoms with Gasteiger partial charge in [0, 0.05) is 25.2 Å². The van der Waals surface area contributed by atoms with Gasteiger partial charge in [0.25, 0.3) is 11.4 Å². The first-order valence-corrected chi connectivity index (χ1v) is 9.18. The van der Waals surface area contributed by atoms with Gasteiger partial charge in [-0.2, -0.15) is 0 Å². The number of ether oxygens (including phenoxy) is 2. The van der Waals surface area contributed by atoms with Gasteiger partial charge in [0.05, 0.1) is 28.9 Å². The number of esters is 1. The van der Waals surface area contributed by atoms with Gasteiger partial charge in [0.1, 0.15) is 11.3 Å². The van der Waals surface area contributed by atoms with Crippen LogP contribution >= 0.6 is 0 Å². The highest BCUT2D eigenvalue weighted by atomic mass is 16.6. The number of amides is 1. The topological polar surface area (TPSA) is 154 Å². The van der Waals surface area contributed by atoms with Crippen LogP contribution in [0.2, 0.25) is 0 Å². The zero-order valence-corrected chi connectivity index (χ0v) is 17.1. The number of piperidine rings is 1.